The van der Waals surface area contributed by atoms with Gasteiger partial charge in [-0.05, 0) is 68.7 Å². The molecule has 1 saturated carbocycles. The van der Waals surface area contributed by atoms with E-state index in [9.17, 15) is 8.42 Å². The molecule has 5 nitrogen and oxygen atoms in total. The SMILES string of the molecule is Cc1ccc(C)c(S(=O)(=O)N(Cc2nn(C)c3c2CCC3)C2CCCC2)c1. The minimum absolute atomic E-state index is 0.0778. The van der Waals surface area contributed by atoms with E-state index >= 15 is 0 Å². The van der Waals surface area contributed by atoms with Gasteiger partial charge < -0.3 is 0 Å². The molecule has 2 aromatic rings. The monoisotopic (exact) mass is 387 g/mol. The molecule has 1 heterocycles. The Morgan fingerprint density at radius 3 is 2.63 bits per heavy atom. The molecule has 0 aliphatic heterocycles. The molecule has 2 aliphatic rings. The quantitative estimate of drug-likeness (QED) is 0.787. The Bertz CT molecular complexity index is 956. The molecule has 0 radical (unpaired) electrons. The van der Waals surface area contributed by atoms with E-state index < -0.39 is 10.0 Å². The zero-order valence-corrected chi connectivity index (χ0v) is 17.3. The first-order valence-electron chi connectivity index (χ1n) is 10.0. The van der Waals surface area contributed by atoms with Gasteiger partial charge in [0.15, 0.2) is 0 Å². The van der Waals surface area contributed by atoms with Crippen molar-refractivity contribution >= 4 is 10.0 Å². The van der Waals surface area contributed by atoms with E-state index in [0.29, 0.717) is 11.4 Å². The molecular weight excluding hydrogens is 358 g/mol. The summed E-state index contributed by atoms with van der Waals surface area (Å²) in [6.07, 6.45) is 7.29. The van der Waals surface area contributed by atoms with Gasteiger partial charge in [0.05, 0.1) is 17.1 Å². The van der Waals surface area contributed by atoms with Crippen LogP contribution in [0, 0.1) is 13.8 Å². The van der Waals surface area contributed by atoms with Crippen LogP contribution in [0.4, 0.5) is 0 Å². The fourth-order valence-electron chi connectivity index (χ4n) is 4.69. The van der Waals surface area contributed by atoms with Gasteiger partial charge in [0.1, 0.15) is 0 Å². The average Bonchev–Trinajstić information content (AvgIpc) is 3.35. The fraction of sp³-hybridized carbons (Fsp3) is 0.571. The number of hydrogen-bond donors (Lipinski definition) is 0. The molecule has 1 aromatic heterocycles. The van der Waals surface area contributed by atoms with Crippen LogP contribution in [0.5, 0.6) is 0 Å². The number of benzene rings is 1. The molecule has 0 bridgehead atoms. The van der Waals surface area contributed by atoms with Crippen LogP contribution in [0.3, 0.4) is 0 Å². The van der Waals surface area contributed by atoms with Crippen LogP contribution in [0.2, 0.25) is 0 Å². The first-order valence-corrected chi connectivity index (χ1v) is 11.4. The smallest absolute Gasteiger partial charge is 0.243 e. The number of sulfonamides is 1. The predicted octanol–water partition coefficient (Wildman–Crippen LogP) is 3.66. The van der Waals surface area contributed by atoms with Crippen LogP contribution >= 0.6 is 0 Å². The number of aromatic nitrogens is 2. The highest BCUT2D eigenvalue weighted by atomic mass is 32.2. The van der Waals surface area contributed by atoms with Crippen molar-refractivity contribution in [3.05, 3.63) is 46.3 Å². The molecule has 146 valence electrons. The van der Waals surface area contributed by atoms with E-state index in [2.05, 4.69) is 0 Å². The van der Waals surface area contributed by atoms with Crippen LogP contribution < -0.4 is 0 Å². The van der Waals surface area contributed by atoms with Gasteiger partial charge in [-0.1, -0.05) is 25.0 Å². The molecule has 27 heavy (non-hydrogen) atoms. The van der Waals surface area contributed by atoms with E-state index in [-0.39, 0.29) is 6.04 Å². The van der Waals surface area contributed by atoms with Gasteiger partial charge in [-0.3, -0.25) is 4.68 Å². The molecule has 0 saturated heterocycles. The second-order valence-electron chi connectivity index (χ2n) is 8.11. The van der Waals surface area contributed by atoms with Crippen molar-refractivity contribution in [3.63, 3.8) is 0 Å². The van der Waals surface area contributed by atoms with Crippen molar-refractivity contribution in [1.29, 1.82) is 0 Å². The first kappa shape index (κ1) is 18.7. The highest BCUT2D eigenvalue weighted by Gasteiger charge is 2.36. The minimum Gasteiger partial charge on any atom is -0.272 e. The van der Waals surface area contributed by atoms with E-state index in [4.69, 9.17) is 5.10 Å². The minimum atomic E-state index is -3.56. The Kier molecular flexibility index (Phi) is 4.89. The van der Waals surface area contributed by atoms with E-state index in [1.807, 2.05) is 43.8 Å². The predicted molar refractivity (Wildman–Crippen MR) is 106 cm³/mol. The van der Waals surface area contributed by atoms with Crippen LogP contribution in [-0.2, 0) is 36.5 Å². The van der Waals surface area contributed by atoms with Gasteiger partial charge in [-0.15, -0.1) is 0 Å². The van der Waals surface area contributed by atoms with Gasteiger partial charge in [0, 0.05) is 18.8 Å². The Morgan fingerprint density at radius 2 is 1.89 bits per heavy atom. The summed E-state index contributed by atoms with van der Waals surface area (Å²) in [6, 6.07) is 5.78. The molecule has 0 spiro atoms. The van der Waals surface area contributed by atoms with Crippen LogP contribution in [-0.4, -0.2) is 28.5 Å². The molecule has 1 aromatic carbocycles. The largest absolute Gasteiger partial charge is 0.272 e. The van der Waals surface area contributed by atoms with Crippen molar-refractivity contribution in [2.75, 3.05) is 0 Å². The van der Waals surface area contributed by atoms with E-state index in [1.165, 1.54) is 11.3 Å². The zero-order valence-electron chi connectivity index (χ0n) is 16.5. The summed E-state index contributed by atoms with van der Waals surface area (Å²) in [5, 5.41) is 4.70. The molecule has 2 aliphatic carbocycles. The van der Waals surface area contributed by atoms with Crippen molar-refractivity contribution in [1.82, 2.24) is 14.1 Å². The summed E-state index contributed by atoms with van der Waals surface area (Å²) in [5.74, 6) is 0. The number of hydrogen-bond acceptors (Lipinski definition) is 3. The van der Waals surface area contributed by atoms with Crippen LogP contribution in [0.25, 0.3) is 0 Å². The van der Waals surface area contributed by atoms with Crippen LogP contribution in [0.1, 0.15) is 60.2 Å². The lowest BCUT2D eigenvalue weighted by Crippen LogP contribution is -2.39. The summed E-state index contributed by atoms with van der Waals surface area (Å²) in [5.41, 5.74) is 5.29. The van der Waals surface area contributed by atoms with Gasteiger partial charge >= 0.3 is 0 Å². The van der Waals surface area contributed by atoms with E-state index in [0.717, 1.165) is 61.8 Å². The van der Waals surface area contributed by atoms with Crippen molar-refractivity contribution in [3.8, 4) is 0 Å². The highest BCUT2D eigenvalue weighted by Crippen LogP contribution is 2.33. The molecule has 1 fully saturated rings. The van der Waals surface area contributed by atoms with Crippen LogP contribution in [0.15, 0.2) is 23.1 Å². The molecule has 0 amide bonds. The third-order valence-electron chi connectivity index (χ3n) is 6.17. The third-order valence-corrected chi connectivity index (χ3v) is 8.21. The van der Waals surface area contributed by atoms with Gasteiger partial charge in [-0.25, -0.2) is 8.42 Å². The van der Waals surface area contributed by atoms with Gasteiger partial charge in [0.2, 0.25) is 10.0 Å². The normalized spacial score (nSPS) is 17.8. The van der Waals surface area contributed by atoms with Gasteiger partial charge in [-0.2, -0.15) is 9.40 Å². The molecule has 0 unspecified atom stereocenters. The molecule has 6 heteroatoms. The summed E-state index contributed by atoms with van der Waals surface area (Å²) in [7, 11) is -1.58. The highest BCUT2D eigenvalue weighted by molar-refractivity contribution is 7.89. The number of aryl methyl sites for hydroxylation is 3. The van der Waals surface area contributed by atoms with Crippen molar-refractivity contribution in [2.45, 2.75) is 76.3 Å². The molecular formula is C21H29N3O2S. The lowest BCUT2D eigenvalue weighted by molar-refractivity contribution is 0.311. The maximum absolute atomic E-state index is 13.7. The molecule has 0 N–H and O–H groups in total. The van der Waals surface area contributed by atoms with Gasteiger partial charge in [0.25, 0.3) is 0 Å². The average molecular weight is 388 g/mol. The number of fused-ring (bicyclic) bond motifs is 1. The number of nitrogens with zero attached hydrogens (tertiary/aromatic N) is 3. The zero-order chi connectivity index (χ0) is 19.2. The maximum Gasteiger partial charge on any atom is 0.243 e. The molecule has 0 atom stereocenters. The summed E-state index contributed by atoms with van der Waals surface area (Å²) in [6.45, 7) is 4.23. The lowest BCUT2D eigenvalue weighted by atomic mass is 10.2. The number of rotatable bonds is 5. The Hall–Kier alpha value is -1.66. The first-order chi connectivity index (χ1) is 12.9. The standard InChI is InChI=1S/C21H29N3O2S/c1-15-11-12-16(2)21(13-15)27(25,26)24(17-7-4-5-8-17)14-19-18-9-6-10-20(18)23(3)22-19/h11-13,17H,4-10,14H2,1-3H3. The van der Waals surface area contributed by atoms with E-state index in [1.54, 1.807) is 4.31 Å². The second kappa shape index (κ2) is 7.06. The summed E-state index contributed by atoms with van der Waals surface area (Å²) >= 11 is 0. The maximum atomic E-state index is 13.7. The Balaban J connectivity index is 1.75. The van der Waals surface area contributed by atoms with Crippen molar-refractivity contribution < 1.29 is 8.42 Å². The third kappa shape index (κ3) is 3.34. The van der Waals surface area contributed by atoms with Crippen molar-refractivity contribution in [2.24, 2.45) is 7.05 Å². The topological polar surface area (TPSA) is 55.2 Å². The summed E-state index contributed by atoms with van der Waals surface area (Å²) < 4.78 is 31.1. The Labute approximate surface area is 162 Å². The Morgan fingerprint density at radius 1 is 1.15 bits per heavy atom. The second-order valence-corrected chi connectivity index (χ2v) is 9.97. The molecule has 4 rings (SSSR count). The fourth-order valence-corrected chi connectivity index (χ4v) is 6.64. The lowest BCUT2D eigenvalue weighted by Gasteiger charge is -2.28. The summed E-state index contributed by atoms with van der Waals surface area (Å²) in [4.78, 5) is 0.446.